The standard InChI is InChI=1S/C15H22N2O4/c1-6-20-13-8-11(15(18)19-5)12(16-10-17(3)4)9-14(13)21-7-2/h8-10H,6-7H2,1-5H3/b16-10+. The summed E-state index contributed by atoms with van der Waals surface area (Å²) in [6.07, 6.45) is 1.61. The van der Waals surface area contributed by atoms with Crippen LogP contribution in [0.25, 0.3) is 0 Å². The zero-order chi connectivity index (χ0) is 15.8. The molecule has 21 heavy (non-hydrogen) atoms. The lowest BCUT2D eigenvalue weighted by Gasteiger charge is -2.14. The van der Waals surface area contributed by atoms with E-state index in [9.17, 15) is 4.79 Å². The van der Waals surface area contributed by atoms with Crippen LogP contribution in [0.3, 0.4) is 0 Å². The van der Waals surface area contributed by atoms with Crippen molar-refractivity contribution in [1.29, 1.82) is 0 Å². The summed E-state index contributed by atoms with van der Waals surface area (Å²) in [6, 6.07) is 3.28. The van der Waals surface area contributed by atoms with Crippen molar-refractivity contribution in [2.24, 2.45) is 4.99 Å². The first-order chi connectivity index (χ1) is 10.0. The number of benzene rings is 1. The Kier molecular flexibility index (Phi) is 6.52. The zero-order valence-corrected chi connectivity index (χ0v) is 13.2. The van der Waals surface area contributed by atoms with Crippen molar-refractivity contribution in [3.05, 3.63) is 17.7 Å². The molecule has 0 N–H and O–H groups in total. The first-order valence-corrected chi connectivity index (χ1v) is 6.76. The van der Waals surface area contributed by atoms with Crippen molar-refractivity contribution in [3.63, 3.8) is 0 Å². The average Bonchev–Trinajstić information content (AvgIpc) is 2.46. The van der Waals surface area contributed by atoms with Crippen LogP contribution < -0.4 is 9.47 Å². The molecule has 0 spiro atoms. The van der Waals surface area contributed by atoms with Crippen molar-refractivity contribution in [3.8, 4) is 11.5 Å². The lowest BCUT2D eigenvalue weighted by atomic mass is 10.1. The Morgan fingerprint density at radius 2 is 1.76 bits per heavy atom. The van der Waals surface area contributed by atoms with Crippen LogP contribution in [0.5, 0.6) is 11.5 Å². The molecular weight excluding hydrogens is 272 g/mol. The van der Waals surface area contributed by atoms with E-state index in [0.29, 0.717) is 36.0 Å². The van der Waals surface area contributed by atoms with Crippen molar-refractivity contribution in [2.45, 2.75) is 13.8 Å². The Hall–Kier alpha value is -2.24. The fourth-order valence-corrected chi connectivity index (χ4v) is 1.64. The molecule has 0 amide bonds. The maximum atomic E-state index is 11.9. The van der Waals surface area contributed by atoms with Crippen LogP contribution in [0.4, 0.5) is 5.69 Å². The van der Waals surface area contributed by atoms with E-state index < -0.39 is 5.97 Å². The van der Waals surface area contributed by atoms with E-state index in [0.717, 1.165) is 0 Å². The molecule has 0 heterocycles. The Bertz CT molecular complexity index is 513. The van der Waals surface area contributed by atoms with Gasteiger partial charge in [0, 0.05) is 26.2 Å². The first kappa shape index (κ1) is 16.8. The molecule has 1 aromatic carbocycles. The lowest BCUT2D eigenvalue weighted by molar-refractivity contribution is 0.0601. The highest BCUT2D eigenvalue weighted by molar-refractivity contribution is 5.96. The SMILES string of the molecule is CCOc1cc(/N=C/N(C)C)c(C(=O)OC)cc1OCC. The van der Waals surface area contributed by atoms with E-state index >= 15 is 0 Å². The molecule has 1 rings (SSSR count). The summed E-state index contributed by atoms with van der Waals surface area (Å²) in [5.41, 5.74) is 0.810. The van der Waals surface area contributed by atoms with Crippen LogP contribution >= 0.6 is 0 Å². The summed E-state index contributed by atoms with van der Waals surface area (Å²) in [4.78, 5) is 18.0. The van der Waals surface area contributed by atoms with Gasteiger partial charge in [0.25, 0.3) is 0 Å². The van der Waals surface area contributed by atoms with E-state index in [1.807, 2.05) is 27.9 Å². The van der Waals surface area contributed by atoms with Crippen LogP contribution in [0.15, 0.2) is 17.1 Å². The predicted octanol–water partition coefficient (Wildman–Crippen LogP) is 2.49. The highest BCUT2D eigenvalue weighted by Crippen LogP contribution is 2.35. The van der Waals surface area contributed by atoms with E-state index in [4.69, 9.17) is 14.2 Å². The van der Waals surface area contributed by atoms with Crippen molar-refractivity contribution >= 4 is 18.0 Å². The van der Waals surface area contributed by atoms with Gasteiger partial charge >= 0.3 is 5.97 Å². The maximum absolute atomic E-state index is 11.9. The molecule has 0 aromatic heterocycles. The molecule has 0 fully saturated rings. The van der Waals surface area contributed by atoms with E-state index in [2.05, 4.69) is 4.99 Å². The van der Waals surface area contributed by atoms with Gasteiger partial charge in [0.1, 0.15) is 0 Å². The molecule has 0 saturated heterocycles. The third kappa shape index (κ3) is 4.66. The number of aliphatic imine (C=N–C) groups is 1. The molecule has 0 bridgehead atoms. The molecular formula is C15H22N2O4. The molecule has 0 unspecified atom stereocenters. The number of ether oxygens (including phenoxy) is 3. The van der Waals surface area contributed by atoms with E-state index in [-0.39, 0.29) is 0 Å². The van der Waals surface area contributed by atoms with E-state index in [1.165, 1.54) is 7.11 Å². The van der Waals surface area contributed by atoms with Gasteiger partial charge in [-0.2, -0.15) is 0 Å². The fourth-order valence-electron chi connectivity index (χ4n) is 1.64. The van der Waals surface area contributed by atoms with Crippen LogP contribution in [0.2, 0.25) is 0 Å². The van der Waals surface area contributed by atoms with Crippen LogP contribution in [0.1, 0.15) is 24.2 Å². The number of hydrogen-bond acceptors (Lipinski definition) is 5. The van der Waals surface area contributed by atoms with Gasteiger partial charge in [-0.25, -0.2) is 9.79 Å². The van der Waals surface area contributed by atoms with Crippen LogP contribution in [0, 0.1) is 0 Å². The summed E-state index contributed by atoms with van der Waals surface area (Å²) in [7, 11) is 5.03. The number of methoxy groups -OCH3 is 1. The van der Waals surface area contributed by atoms with Gasteiger partial charge in [-0.1, -0.05) is 0 Å². The molecule has 1 aromatic rings. The molecule has 0 aliphatic rings. The predicted molar refractivity (Wildman–Crippen MR) is 82.0 cm³/mol. The quantitative estimate of drug-likeness (QED) is 0.439. The Labute approximate surface area is 125 Å². The second-order valence-electron chi connectivity index (χ2n) is 4.38. The topological polar surface area (TPSA) is 60.4 Å². The number of hydrogen-bond donors (Lipinski definition) is 0. The molecule has 6 heteroatoms. The fraction of sp³-hybridized carbons (Fsp3) is 0.467. The molecule has 116 valence electrons. The second-order valence-corrected chi connectivity index (χ2v) is 4.38. The normalized spacial score (nSPS) is 10.5. The van der Waals surface area contributed by atoms with Gasteiger partial charge in [0.05, 0.1) is 37.9 Å². The lowest BCUT2D eigenvalue weighted by Crippen LogP contribution is -2.08. The number of carbonyl (C=O) groups is 1. The van der Waals surface area contributed by atoms with Crippen molar-refractivity contribution < 1.29 is 19.0 Å². The highest BCUT2D eigenvalue weighted by atomic mass is 16.5. The molecule has 0 aliphatic carbocycles. The van der Waals surface area contributed by atoms with Gasteiger partial charge in [0.2, 0.25) is 0 Å². The Balaban J connectivity index is 3.36. The molecule has 0 aliphatic heterocycles. The molecule has 6 nitrogen and oxygen atoms in total. The monoisotopic (exact) mass is 294 g/mol. The van der Waals surface area contributed by atoms with Gasteiger partial charge < -0.3 is 19.1 Å². The average molecular weight is 294 g/mol. The largest absolute Gasteiger partial charge is 0.490 e. The van der Waals surface area contributed by atoms with Gasteiger partial charge in [0.15, 0.2) is 11.5 Å². The summed E-state index contributed by atoms with van der Waals surface area (Å²) < 4.78 is 15.8. The minimum absolute atomic E-state index is 0.336. The Morgan fingerprint density at radius 3 is 2.24 bits per heavy atom. The summed E-state index contributed by atoms with van der Waals surface area (Å²) in [5, 5.41) is 0. The smallest absolute Gasteiger partial charge is 0.340 e. The van der Waals surface area contributed by atoms with Gasteiger partial charge in [-0.3, -0.25) is 0 Å². The Morgan fingerprint density at radius 1 is 1.19 bits per heavy atom. The van der Waals surface area contributed by atoms with Gasteiger partial charge in [-0.15, -0.1) is 0 Å². The minimum atomic E-state index is -0.468. The third-order valence-corrected chi connectivity index (χ3v) is 2.49. The summed E-state index contributed by atoms with van der Waals surface area (Å²) in [5.74, 6) is 0.589. The van der Waals surface area contributed by atoms with Crippen molar-refractivity contribution in [1.82, 2.24) is 4.90 Å². The third-order valence-electron chi connectivity index (χ3n) is 2.49. The number of nitrogens with zero attached hydrogens (tertiary/aromatic N) is 2. The molecule has 0 atom stereocenters. The molecule has 0 saturated carbocycles. The summed E-state index contributed by atoms with van der Waals surface area (Å²) in [6.45, 7) is 4.72. The first-order valence-electron chi connectivity index (χ1n) is 6.76. The zero-order valence-electron chi connectivity index (χ0n) is 13.2. The number of rotatable bonds is 7. The maximum Gasteiger partial charge on any atom is 0.340 e. The second kappa shape index (κ2) is 8.14. The summed E-state index contributed by atoms with van der Waals surface area (Å²) >= 11 is 0. The number of carbonyl (C=O) groups excluding carboxylic acids is 1. The van der Waals surface area contributed by atoms with Crippen molar-refractivity contribution in [2.75, 3.05) is 34.4 Å². The minimum Gasteiger partial charge on any atom is -0.490 e. The highest BCUT2D eigenvalue weighted by Gasteiger charge is 2.17. The van der Waals surface area contributed by atoms with E-state index in [1.54, 1.807) is 23.4 Å². The van der Waals surface area contributed by atoms with Gasteiger partial charge in [-0.05, 0) is 13.8 Å². The molecule has 0 radical (unpaired) electrons. The van der Waals surface area contributed by atoms with Crippen LogP contribution in [-0.4, -0.2) is 51.6 Å². The number of esters is 1. The van der Waals surface area contributed by atoms with Crippen LogP contribution in [-0.2, 0) is 4.74 Å².